The molecule has 0 saturated heterocycles. The number of carbonyl (C=O) groups is 1. The van der Waals surface area contributed by atoms with Crippen molar-refractivity contribution in [3.05, 3.63) is 41.6 Å². The fourth-order valence-corrected chi connectivity index (χ4v) is 2.98. The topological polar surface area (TPSA) is 96.7 Å². The number of nitrogens with zero attached hydrogens (tertiary/aromatic N) is 1. The van der Waals surface area contributed by atoms with Crippen LogP contribution in [0, 0.1) is 0 Å². The maximum Gasteiger partial charge on any atom is 0.344 e. The first-order chi connectivity index (χ1) is 9.74. The van der Waals surface area contributed by atoms with E-state index in [-0.39, 0.29) is 5.56 Å². The molecule has 1 aromatic carbocycles. The van der Waals surface area contributed by atoms with Crippen molar-refractivity contribution in [2.45, 2.75) is 6.16 Å². The second kappa shape index (κ2) is 6.43. The van der Waals surface area contributed by atoms with Gasteiger partial charge in [0.25, 0.3) is 8.15 Å². The Balaban J connectivity index is 2.36. The highest BCUT2D eigenvalue weighted by molar-refractivity contribution is 8.08. The molecule has 0 aliphatic rings. The monoisotopic (exact) mass is 349 g/mol. The van der Waals surface area contributed by atoms with Crippen LogP contribution in [0.25, 0.3) is 10.9 Å². The molecule has 0 aliphatic heterocycles. The van der Waals surface area contributed by atoms with Gasteiger partial charge in [-0.15, -0.1) is 0 Å². The summed E-state index contributed by atoms with van der Waals surface area (Å²) in [6.45, 7) is 0. The molecule has 2 atom stereocenters. The van der Waals surface area contributed by atoms with Crippen LogP contribution in [-0.2, 0) is 15.3 Å². The Kier molecular flexibility index (Phi) is 5.03. The Morgan fingerprint density at radius 1 is 1.43 bits per heavy atom. The van der Waals surface area contributed by atoms with E-state index in [4.69, 9.17) is 9.79 Å². The molecule has 1 aromatic heterocycles. The van der Waals surface area contributed by atoms with Crippen LogP contribution in [0.1, 0.15) is 15.9 Å². The molecule has 0 radical (unpaired) electrons. The first-order valence-corrected chi connectivity index (χ1v) is 10.2. The van der Waals surface area contributed by atoms with E-state index in [2.05, 4.69) is 9.51 Å². The van der Waals surface area contributed by atoms with Gasteiger partial charge in [-0.2, -0.15) is 4.20 Å². The number of rotatable bonds is 4. The van der Waals surface area contributed by atoms with E-state index in [9.17, 15) is 13.6 Å². The zero-order valence-corrected chi connectivity index (χ0v) is 13.5. The number of hydrogen-bond donors (Lipinski definition) is 2. The molecule has 2 N–H and O–H groups in total. The van der Waals surface area contributed by atoms with Crippen molar-refractivity contribution in [1.82, 2.24) is 4.98 Å². The van der Waals surface area contributed by atoms with Crippen molar-refractivity contribution in [3.63, 3.8) is 0 Å². The van der Waals surface area contributed by atoms with Gasteiger partial charge in [-0.25, -0.2) is 4.79 Å². The van der Waals surface area contributed by atoms with Crippen molar-refractivity contribution in [3.8, 4) is 0 Å². The maximum absolute atomic E-state index is 12.7. The standard InChI is InChI=1S/C11H11FNO5P3/c12-20(19)18-11(14)9-4-8-3-7(6-21(15,16)17)1-2-10(8)13-5-9/h1-5H,6,19H2,(H2,15,16,17). The van der Waals surface area contributed by atoms with Crippen molar-refractivity contribution in [1.29, 1.82) is 0 Å². The molecule has 0 bridgehead atoms. The van der Waals surface area contributed by atoms with Gasteiger partial charge in [0.2, 0.25) is 0 Å². The van der Waals surface area contributed by atoms with Gasteiger partial charge in [0.05, 0.1) is 17.2 Å². The Morgan fingerprint density at radius 2 is 2.14 bits per heavy atom. The molecule has 0 amide bonds. The third-order valence-electron chi connectivity index (χ3n) is 2.54. The smallest absolute Gasteiger partial charge is 0.344 e. The van der Waals surface area contributed by atoms with Crippen molar-refractivity contribution >= 4 is 41.5 Å². The summed E-state index contributed by atoms with van der Waals surface area (Å²) < 4.78 is 28.1. The van der Waals surface area contributed by atoms with Gasteiger partial charge in [-0.05, 0) is 32.7 Å². The van der Waals surface area contributed by atoms with Crippen LogP contribution in [0.3, 0.4) is 0 Å². The molecule has 6 nitrogen and oxygen atoms in total. The van der Waals surface area contributed by atoms with Gasteiger partial charge < -0.3 is 14.3 Å². The zero-order valence-electron chi connectivity index (χ0n) is 10.5. The number of fused-ring (bicyclic) bond motifs is 1. The van der Waals surface area contributed by atoms with Crippen molar-refractivity contribution in [2.24, 2.45) is 0 Å². The largest absolute Gasteiger partial charge is 0.406 e. The lowest BCUT2D eigenvalue weighted by atomic mass is 10.1. The quantitative estimate of drug-likeness (QED) is 0.823. The molecule has 0 aliphatic carbocycles. The first-order valence-electron chi connectivity index (χ1n) is 5.61. The maximum atomic E-state index is 12.7. The molecule has 112 valence electrons. The van der Waals surface area contributed by atoms with Gasteiger partial charge in [0.1, 0.15) is 0 Å². The molecule has 1 heterocycles. The normalized spacial score (nSPS) is 13.1. The van der Waals surface area contributed by atoms with Crippen LogP contribution >= 0.6 is 24.7 Å². The highest BCUT2D eigenvalue weighted by Crippen LogP contribution is 2.47. The number of benzene rings is 1. The zero-order chi connectivity index (χ0) is 15.6. The lowest BCUT2D eigenvalue weighted by Crippen LogP contribution is -2.00. The van der Waals surface area contributed by atoms with E-state index in [1.807, 2.05) is 0 Å². The predicted molar refractivity (Wildman–Crippen MR) is 80.6 cm³/mol. The number of pyridine rings is 1. The van der Waals surface area contributed by atoms with Gasteiger partial charge >= 0.3 is 13.6 Å². The van der Waals surface area contributed by atoms with E-state index < -0.39 is 27.9 Å². The predicted octanol–water partition coefficient (Wildman–Crippen LogP) is 3.14. The van der Waals surface area contributed by atoms with E-state index in [1.54, 1.807) is 21.1 Å². The molecule has 0 spiro atoms. The number of aromatic nitrogens is 1. The van der Waals surface area contributed by atoms with Crippen LogP contribution in [0.5, 0.6) is 0 Å². The lowest BCUT2D eigenvalue weighted by Gasteiger charge is -2.07. The summed E-state index contributed by atoms with van der Waals surface area (Å²) in [5, 5.41) is 0.516. The summed E-state index contributed by atoms with van der Waals surface area (Å²) in [6.07, 6.45) is 0.857. The van der Waals surface area contributed by atoms with Crippen LogP contribution in [0.2, 0.25) is 0 Å². The van der Waals surface area contributed by atoms with Gasteiger partial charge in [0.15, 0.2) is 0 Å². The van der Waals surface area contributed by atoms with Gasteiger partial charge in [-0.3, -0.25) is 9.55 Å². The number of halogens is 1. The molecule has 0 saturated carbocycles. The Morgan fingerprint density at radius 3 is 2.76 bits per heavy atom. The SMILES string of the molecule is O=C(OP(F)P)c1cnc2ccc(CP(=O)(O)O)cc2c1. The van der Waals surface area contributed by atoms with Crippen LogP contribution in [0.15, 0.2) is 30.5 Å². The summed E-state index contributed by atoms with van der Waals surface area (Å²) in [7, 11) is -4.81. The average Bonchev–Trinajstić information content (AvgIpc) is 2.35. The van der Waals surface area contributed by atoms with Crippen molar-refractivity contribution < 1.29 is 27.9 Å². The molecule has 10 heteroatoms. The van der Waals surface area contributed by atoms with Crippen molar-refractivity contribution in [2.75, 3.05) is 0 Å². The fourth-order valence-electron chi connectivity index (χ4n) is 1.76. The lowest BCUT2D eigenvalue weighted by molar-refractivity contribution is 0.0751. The van der Waals surface area contributed by atoms with Crippen LogP contribution in [0.4, 0.5) is 4.20 Å². The minimum Gasteiger partial charge on any atom is -0.406 e. The molecule has 2 rings (SSSR count). The third kappa shape index (κ3) is 4.77. The Bertz CT molecular complexity index is 733. The minimum atomic E-state index is -4.18. The first kappa shape index (κ1) is 16.4. The van der Waals surface area contributed by atoms with E-state index in [0.29, 0.717) is 16.5 Å². The van der Waals surface area contributed by atoms with E-state index in [1.165, 1.54) is 18.3 Å². The number of carbonyl (C=O) groups excluding carboxylic acids is 1. The summed E-state index contributed by atoms with van der Waals surface area (Å²) in [4.78, 5) is 33.5. The minimum absolute atomic E-state index is 0.0726. The Hall–Kier alpha value is -0.960. The van der Waals surface area contributed by atoms with E-state index >= 15 is 0 Å². The number of hydrogen-bond acceptors (Lipinski definition) is 4. The summed E-state index contributed by atoms with van der Waals surface area (Å²) in [5.74, 6) is -0.839. The van der Waals surface area contributed by atoms with E-state index in [0.717, 1.165) is 0 Å². The second-order valence-corrected chi connectivity index (χ2v) is 7.81. The highest BCUT2D eigenvalue weighted by atomic mass is 32.0. The van der Waals surface area contributed by atoms with Gasteiger partial charge in [0, 0.05) is 11.6 Å². The summed E-state index contributed by atoms with van der Waals surface area (Å²) in [6, 6.07) is 6.11. The third-order valence-corrected chi connectivity index (χ3v) is 3.97. The molecular weight excluding hydrogens is 338 g/mol. The molecule has 0 fully saturated rings. The van der Waals surface area contributed by atoms with Gasteiger partial charge in [-0.1, -0.05) is 6.07 Å². The highest BCUT2D eigenvalue weighted by Gasteiger charge is 2.16. The molecular formula is C11H11FNO5P3. The Labute approximate surface area is 122 Å². The molecule has 21 heavy (non-hydrogen) atoms. The molecule has 2 unspecified atom stereocenters. The summed E-state index contributed by atoms with van der Waals surface area (Å²) >= 11 is 0. The fraction of sp³-hybridized carbons (Fsp3) is 0.0909. The summed E-state index contributed by atoms with van der Waals surface area (Å²) in [5.41, 5.74) is 1.04. The van der Waals surface area contributed by atoms with Crippen LogP contribution < -0.4 is 0 Å². The van der Waals surface area contributed by atoms with Crippen LogP contribution in [-0.4, -0.2) is 20.7 Å². The molecule has 2 aromatic rings. The average molecular weight is 349 g/mol. The second-order valence-electron chi connectivity index (χ2n) is 4.22.